The summed E-state index contributed by atoms with van der Waals surface area (Å²) in [5, 5.41) is 0. The van der Waals surface area contributed by atoms with Gasteiger partial charge < -0.3 is 28.4 Å². The molecule has 14 rings (SSSR count). The van der Waals surface area contributed by atoms with Crippen molar-refractivity contribution >= 4 is 0 Å². The summed E-state index contributed by atoms with van der Waals surface area (Å²) in [5.74, 6) is 4.75. The molecule has 0 spiro atoms. The Bertz CT molecular complexity index is 3390. The quantitative estimate of drug-likeness (QED) is 0.112. The van der Waals surface area contributed by atoms with E-state index in [9.17, 15) is 35.1 Å². The Kier molecular flexibility index (Phi) is 58.5. The Morgan fingerprint density at radius 1 is 0.250 bits per heavy atom. The van der Waals surface area contributed by atoms with Crippen LogP contribution < -0.4 is 0 Å². The van der Waals surface area contributed by atoms with Crippen LogP contribution in [0.4, 0.5) is 35.1 Å². The molecule has 4 heterocycles. The van der Waals surface area contributed by atoms with Gasteiger partial charge in [0.2, 0.25) is 0 Å². The highest BCUT2D eigenvalue weighted by Crippen LogP contribution is 2.29. The normalized spacial score (nSPS) is 24.3. The molecule has 6 aromatic carbocycles. The number of halogens is 8. The van der Waals surface area contributed by atoms with Crippen molar-refractivity contribution in [2.45, 2.75) is 321 Å². The van der Waals surface area contributed by atoms with E-state index in [-0.39, 0.29) is 36.8 Å². The minimum absolute atomic E-state index is 0. The van der Waals surface area contributed by atoms with E-state index in [0.717, 1.165) is 98.1 Å². The molecule has 6 nitrogen and oxygen atoms in total. The van der Waals surface area contributed by atoms with Gasteiger partial charge in [0.05, 0.1) is 38.6 Å². The van der Waals surface area contributed by atoms with Crippen LogP contribution in [0.15, 0.2) is 133 Å². The summed E-state index contributed by atoms with van der Waals surface area (Å²) in [6.45, 7) is 61.3. The zero-order valence-electron chi connectivity index (χ0n) is 79.7. The van der Waals surface area contributed by atoms with E-state index in [1.165, 1.54) is 178 Å². The van der Waals surface area contributed by atoms with E-state index in [0.29, 0.717) is 57.4 Å². The third kappa shape index (κ3) is 54.4. The van der Waals surface area contributed by atoms with Crippen LogP contribution in [0.25, 0.3) is 0 Å². The molecule has 120 heavy (non-hydrogen) atoms. The second-order valence-electron chi connectivity index (χ2n) is 36.2. The Hall–Kier alpha value is -6.26. The van der Waals surface area contributed by atoms with Gasteiger partial charge in [0.25, 0.3) is 0 Å². The third-order valence-corrected chi connectivity index (χ3v) is 22.1. The lowest BCUT2D eigenvalue weighted by atomic mass is 9.84. The van der Waals surface area contributed by atoms with Crippen LogP contribution >= 0.6 is 0 Å². The van der Waals surface area contributed by atoms with Crippen LogP contribution in [-0.4, -0.2) is 64.4 Å². The van der Waals surface area contributed by atoms with Gasteiger partial charge in [-0.3, -0.25) is 0 Å². The first-order chi connectivity index (χ1) is 56.3. The van der Waals surface area contributed by atoms with Crippen LogP contribution in [-0.2, 0) is 28.4 Å². The molecule has 4 aliphatic heterocycles. The van der Waals surface area contributed by atoms with E-state index in [1.54, 1.807) is 63.1 Å². The lowest BCUT2D eigenvalue weighted by Crippen LogP contribution is -2.27. The van der Waals surface area contributed by atoms with Gasteiger partial charge in [-0.05, 0) is 330 Å². The fraction of sp³-hybridized carbons (Fsp3) is 0.604. The van der Waals surface area contributed by atoms with Gasteiger partial charge in [0, 0.05) is 37.6 Å². The fourth-order valence-electron chi connectivity index (χ4n) is 12.5. The van der Waals surface area contributed by atoms with E-state index >= 15 is 0 Å². The van der Waals surface area contributed by atoms with Crippen molar-refractivity contribution in [1.82, 2.24) is 0 Å². The number of ether oxygens (including phenoxy) is 6. The summed E-state index contributed by atoms with van der Waals surface area (Å²) in [5.41, 5.74) is 11.3. The van der Waals surface area contributed by atoms with Gasteiger partial charge in [-0.2, -0.15) is 0 Å². The second-order valence-corrected chi connectivity index (χ2v) is 36.2. The molecular weight excluding hydrogens is 1520 g/mol. The predicted molar refractivity (Wildman–Crippen MR) is 493 cm³/mol. The smallest absolute Gasteiger partial charge is 0.161 e. The summed E-state index contributed by atoms with van der Waals surface area (Å²) in [4.78, 5) is 0. The van der Waals surface area contributed by atoms with Crippen molar-refractivity contribution in [3.05, 3.63) is 246 Å². The standard InChI is InChI=1S/3C8H8F2.2C8H9F.C8H16.3C8H14.C8H10.2C7H14O.2C6H12O2.H2/c2*1-5-3-7(9)6(2)8(10)4-5;1-5-3-4-6(2)8(10)7(5)9;2*1-6-3-4-7(2)8(9)5-6;5*1-7-3-5-8(2)6-4-7;2*1-6-3-4-7(2)8-5-6;2*1-5-3-7-6(2)8-4-5;/h3*3-4H,1-2H3;2*3-5H,1-2H3;7-8H,3-6H2,1-2H3;2*3,8H,4-6H2,1-2H3;3,5,7-8H,4,6H2,1-2H3;3-6H,1-2H3;2*6-7H,3-5H2,1-2H3;2*5-6H,3-4H2,1-2H3;1H. The zero-order chi connectivity index (χ0) is 90.7. The summed E-state index contributed by atoms with van der Waals surface area (Å²) < 4.78 is 132. The Balaban J connectivity index is 0.00000128. The molecule has 6 aromatic rings. The average Bonchev–Trinajstić information content (AvgIpc) is 0.703. The molecule has 8 atom stereocenters. The minimum atomic E-state index is -0.736. The Morgan fingerprint density at radius 2 is 0.508 bits per heavy atom. The van der Waals surface area contributed by atoms with Gasteiger partial charge in [0.15, 0.2) is 24.2 Å². The van der Waals surface area contributed by atoms with Crippen molar-refractivity contribution in [1.29, 1.82) is 0 Å². The number of aryl methyl sites for hydroxylation is 10. The average molecular weight is 1690 g/mol. The van der Waals surface area contributed by atoms with Gasteiger partial charge >= 0.3 is 0 Å². The first-order valence-electron chi connectivity index (χ1n) is 44.8. The minimum Gasteiger partial charge on any atom is -0.378 e. The fourth-order valence-corrected chi connectivity index (χ4v) is 12.5. The molecule has 1 saturated carbocycles. The molecule has 5 fully saturated rings. The number of benzene rings is 6. The van der Waals surface area contributed by atoms with E-state index < -0.39 is 34.9 Å². The van der Waals surface area contributed by atoms with Gasteiger partial charge in [0.1, 0.15) is 34.9 Å². The highest BCUT2D eigenvalue weighted by atomic mass is 19.2. The number of hydrogen-bond donors (Lipinski definition) is 0. The Labute approximate surface area is 727 Å². The van der Waals surface area contributed by atoms with Gasteiger partial charge in [-0.15, -0.1) is 0 Å². The molecule has 680 valence electrons. The third-order valence-electron chi connectivity index (χ3n) is 22.1. The molecule has 0 N–H and O–H groups in total. The topological polar surface area (TPSA) is 55.4 Å². The van der Waals surface area contributed by atoms with Gasteiger partial charge in [-0.25, -0.2) is 35.1 Å². The summed E-state index contributed by atoms with van der Waals surface area (Å²) in [7, 11) is 0. The molecule has 8 aliphatic rings. The highest BCUT2D eigenvalue weighted by molar-refractivity contribution is 5.27. The molecule has 4 saturated heterocycles. The van der Waals surface area contributed by atoms with Crippen molar-refractivity contribution in [2.24, 2.45) is 59.2 Å². The summed E-state index contributed by atoms with van der Waals surface area (Å²) in [6.07, 6.45) is 32.4. The molecule has 8 unspecified atom stereocenters. The first kappa shape index (κ1) is 112. The van der Waals surface area contributed by atoms with Crippen molar-refractivity contribution in [2.75, 3.05) is 39.6 Å². The number of allylic oxidation sites excluding steroid dienone is 6. The zero-order valence-corrected chi connectivity index (χ0v) is 79.7. The van der Waals surface area contributed by atoms with Crippen molar-refractivity contribution in [3.8, 4) is 0 Å². The van der Waals surface area contributed by atoms with Crippen LogP contribution in [0.5, 0.6) is 0 Å². The second kappa shape index (κ2) is 62.8. The summed E-state index contributed by atoms with van der Waals surface area (Å²) >= 11 is 0. The van der Waals surface area contributed by atoms with Crippen LogP contribution in [0.1, 0.15) is 282 Å². The molecule has 0 aromatic heterocycles. The largest absolute Gasteiger partial charge is 0.378 e. The maximum Gasteiger partial charge on any atom is 0.161 e. The van der Waals surface area contributed by atoms with E-state index in [1.807, 2.05) is 39.8 Å². The monoisotopic (exact) mass is 1690 g/mol. The van der Waals surface area contributed by atoms with Crippen LogP contribution in [0, 0.1) is 189 Å². The SMILES string of the molecule is CC1=CCC(C)CC1.CC1=CCC(C)CC1.CC1C=CC(C)CC1.CC1CCC(C)CC1.CC1CCC(C)OC1.CC1CCC(C)OC1.CC1COC(C)OC1.CC1COC(C)OC1.Cc1cc(F)c(C)c(F)c1.Cc1cc(F)c(C)c(F)c1.Cc1ccc(C)c(F)c1.Cc1ccc(C)c(F)c1.Cc1ccc(C)c(F)c1F.Cc1ccc(C)cc1.[HH]. The Morgan fingerprint density at radius 3 is 0.725 bits per heavy atom. The molecule has 0 radical (unpaired) electrons. The molecule has 14 heteroatoms. The van der Waals surface area contributed by atoms with E-state index in [2.05, 4.69) is 159 Å². The van der Waals surface area contributed by atoms with Crippen LogP contribution in [0.3, 0.4) is 0 Å². The maximum atomic E-state index is 12.6. The molecule has 0 bridgehead atoms. The van der Waals surface area contributed by atoms with Crippen LogP contribution in [0.2, 0.25) is 0 Å². The lowest BCUT2D eigenvalue weighted by molar-refractivity contribution is -0.187. The van der Waals surface area contributed by atoms with Crippen molar-refractivity contribution < 1.29 is 65.0 Å². The number of hydrogen-bond acceptors (Lipinski definition) is 6. The maximum absolute atomic E-state index is 12.6. The lowest BCUT2D eigenvalue weighted by Gasteiger charge is -2.24. The summed E-state index contributed by atoms with van der Waals surface area (Å²) in [6, 6.07) is 27.3. The molecule has 0 amide bonds. The molecule has 4 aliphatic carbocycles. The predicted octanol–water partition coefficient (Wildman–Crippen LogP) is 31.8. The van der Waals surface area contributed by atoms with E-state index in [4.69, 9.17) is 28.4 Å². The van der Waals surface area contributed by atoms with Gasteiger partial charge in [-0.1, -0.05) is 202 Å². The van der Waals surface area contributed by atoms with Crippen molar-refractivity contribution in [3.63, 3.8) is 0 Å². The first-order valence-corrected chi connectivity index (χ1v) is 44.8. The molecular formula is C106H164F8O6. The number of rotatable bonds is 0. The highest BCUT2D eigenvalue weighted by Gasteiger charge is 2.18.